The molecule has 1 amide bonds. The number of para-hydroxylation sites is 1. The van der Waals surface area contributed by atoms with E-state index in [0.717, 1.165) is 22.8 Å². The first-order valence-corrected chi connectivity index (χ1v) is 8.58. The lowest BCUT2D eigenvalue weighted by Gasteiger charge is -2.17. The second-order valence-electron chi connectivity index (χ2n) is 6.25. The van der Waals surface area contributed by atoms with Gasteiger partial charge in [0.15, 0.2) is 6.61 Å². The van der Waals surface area contributed by atoms with E-state index in [0.29, 0.717) is 5.56 Å². The molecule has 1 aromatic heterocycles. The molecule has 0 saturated carbocycles. The number of aryl methyl sites for hydroxylation is 2. The Morgan fingerprint density at radius 2 is 1.70 bits per heavy atom. The van der Waals surface area contributed by atoms with Crippen LogP contribution >= 0.6 is 0 Å². The van der Waals surface area contributed by atoms with Gasteiger partial charge in [-0.1, -0.05) is 18.2 Å². The van der Waals surface area contributed by atoms with E-state index in [1.54, 1.807) is 31.3 Å². The molecule has 0 radical (unpaired) electrons. The van der Waals surface area contributed by atoms with Crippen molar-refractivity contribution in [3.05, 3.63) is 77.6 Å². The molecule has 6 heteroatoms. The monoisotopic (exact) mass is 363 g/mol. The summed E-state index contributed by atoms with van der Waals surface area (Å²) in [5.74, 6) is -0.835. The Morgan fingerprint density at radius 1 is 1.04 bits per heavy atom. The van der Waals surface area contributed by atoms with Crippen molar-refractivity contribution in [2.45, 2.75) is 13.8 Å². The first-order chi connectivity index (χ1) is 13.0. The van der Waals surface area contributed by atoms with Gasteiger partial charge in [-0.05, 0) is 56.3 Å². The molecule has 0 saturated heterocycles. The third-order valence-corrected chi connectivity index (χ3v) is 4.20. The van der Waals surface area contributed by atoms with Crippen LogP contribution in [0, 0.1) is 13.8 Å². The number of aromatic nitrogens is 2. The predicted molar refractivity (Wildman–Crippen MR) is 103 cm³/mol. The van der Waals surface area contributed by atoms with Crippen LogP contribution in [0.4, 0.5) is 5.69 Å². The molecule has 27 heavy (non-hydrogen) atoms. The van der Waals surface area contributed by atoms with Crippen LogP contribution < -0.4 is 4.90 Å². The zero-order valence-electron chi connectivity index (χ0n) is 15.5. The molecule has 0 aliphatic heterocycles. The van der Waals surface area contributed by atoms with Crippen LogP contribution in [0.3, 0.4) is 0 Å². The van der Waals surface area contributed by atoms with Crippen LogP contribution in [0.5, 0.6) is 0 Å². The Balaban J connectivity index is 1.61. The van der Waals surface area contributed by atoms with Gasteiger partial charge in [-0.25, -0.2) is 9.48 Å². The first kappa shape index (κ1) is 18.4. The van der Waals surface area contributed by atoms with Gasteiger partial charge in [0, 0.05) is 18.4 Å². The number of hydrogen-bond acceptors (Lipinski definition) is 4. The lowest BCUT2D eigenvalue weighted by Crippen LogP contribution is -2.31. The minimum Gasteiger partial charge on any atom is -0.452 e. The second-order valence-corrected chi connectivity index (χ2v) is 6.25. The van der Waals surface area contributed by atoms with E-state index in [4.69, 9.17) is 4.74 Å². The number of carbonyl (C=O) groups excluding carboxylic acids is 2. The second kappa shape index (κ2) is 7.86. The molecule has 0 aliphatic rings. The maximum Gasteiger partial charge on any atom is 0.338 e. The number of esters is 1. The minimum atomic E-state index is -0.537. The van der Waals surface area contributed by atoms with Crippen LogP contribution in [-0.2, 0) is 9.53 Å². The number of anilines is 1. The Hall–Kier alpha value is -3.41. The van der Waals surface area contributed by atoms with E-state index in [1.807, 2.05) is 54.9 Å². The quantitative estimate of drug-likeness (QED) is 0.653. The van der Waals surface area contributed by atoms with Crippen molar-refractivity contribution < 1.29 is 14.3 Å². The summed E-state index contributed by atoms with van der Waals surface area (Å²) in [6.07, 6.45) is 0. The standard InChI is InChI=1S/C21H21N3O3/c1-15-13-16(2)24(22-15)19-11-9-17(10-12-19)21(26)27-14-20(25)23(3)18-7-5-4-6-8-18/h4-13H,14H2,1-3H3. The molecule has 138 valence electrons. The fourth-order valence-corrected chi connectivity index (χ4v) is 2.73. The number of likely N-dealkylation sites (N-methyl/N-ethyl adjacent to an activating group) is 1. The van der Waals surface area contributed by atoms with Gasteiger partial charge in [0.25, 0.3) is 5.91 Å². The number of rotatable bonds is 5. The van der Waals surface area contributed by atoms with Crippen molar-refractivity contribution in [1.82, 2.24) is 9.78 Å². The average molecular weight is 363 g/mol. The van der Waals surface area contributed by atoms with Gasteiger partial charge in [0.2, 0.25) is 0 Å². The normalized spacial score (nSPS) is 10.5. The van der Waals surface area contributed by atoms with Crippen LogP contribution in [0.15, 0.2) is 60.7 Å². The summed E-state index contributed by atoms with van der Waals surface area (Å²) >= 11 is 0. The van der Waals surface area contributed by atoms with E-state index in [9.17, 15) is 9.59 Å². The lowest BCUT2D eigenvalue weighted by atomic mass is 10.2. The highest BCUT2D eigenvalue weighted by Gasteiger charge is 2.15. The zero-order valence-corrected chi connectivity index (χ0v) is 15.5. The van der Waals surface area contributed by atoms with Crippen molar-refractivity contribution in [2.24, 2.45) is 0 Å². The Morgan fingerprint density at radius 3 is 2.30 bits per heavy atom. The van der Waals surface area contributed by atoms with Crippen LogP contribution in [0.1, 0.15) is 21.7 Å². The first-order valence-electron chi connectivity index (χ1n) is 8.58. The molecular weight excluding hydrogens is 342 g/mol. The largest absolute Gasteiger partial charge is 0.452 e. The number of hydrogen-bond donors (Lipinski definition) is 0. The molecule has 0 unspecified atom stereocenters. The summed E-state index contributed by atoms with van der Waals surface area (Å²) in [7, 11) is 1.65. The van der Waals surface area contributed by atoms with Crippen molar-refractivity contribution in [3.8, 4) is 5.69 Å². The van der Waals surface area contributed by atoms with Gasteiger partial charge in [0.1, 0.15) is 0 Å². The van der Waals surface area contributed by atoms with Crippen molar-refractivity contribution in [1.29, 1.82) is 0 Å². The predicted octanol–water partition coefficient (Wildman–Crippen LogP) is 3.31. The molecule has 2 aromatic carbocycles. The third-order valence-electron chi connectivity index (χ3n) is 4.20. The van der Waals surface area contributed by atoms with Crippen LogP contribution in [-0.4, -0.2) is 35.3 Å². The van der Waals surface area contributed by atoms with E-state index in [-0.39, 0.29) is 12.5 Å². The molecule has 6 nitrogen and oxygen atoms in total. The fraction of sp³-hybridized carbons (Fsp3) is 0.190. The highest BCUT2D eigenvalue weighted by Crippen LogP contribution is 2.14. The van der Waals surface area contributed by atoms with E-state index in [1.165, 1.54) is 4.90 Å². The molecule has 0 aliphatic carbocycles. The summed E-state index contributed by atoms with van der Waals surface area (Å²) in [5.41, 5.74) is 3.93. The molecule has 3 aromatic rings. The molecule has 0 atom stereocenters. The molecule has 0 spiro atoms. The molecular formula is C21H21N3O3. The summed E-state index contributed by atoms with van der Waals surface area (Å²) in [6, 6.07) is 18.1. The number of ether oxygens (including phenoxy) is 1. The van der Waals surface area contributed by atoms with Gasteiger partial charge in [-0.2, -0.15) is 5.10 Å². The summed E-state index contributed by atoms with van der Waals surface area (Å²) in [5, 5.41) is 4.41. The SMILES string of the molecule is Cc1cc(C)n(-c2ccc(C(=O)OCC(=O)N(C)c3ccccc3)cc2)n1. The van der Waals surface area contributed by atoms with E-state index < -0.39 is 5.97 Å². The summed E-state index contributed by atoms with van der Waals surface area (Å²) in [6.45, 7) is 3.58. The maximum absolute atomic E-state index is 12.2. The number of amides is 1. The van der Waals surface area contributed by atoms with Gasteiger partial charge in [-0.15, -0.1) is 0 Å². The smallest absolute Gasteiger partial charge is 0.338 e. The van der Waals surface area contributed by atoms with E-state index >= 15 is 0 Å². The Bertz CT molecular complexity index is 947. The highest BCUT2D eigenvalue weighted by atomic mass is 16.5. The highest BCUT2D eigenvalue weighted by molar-refractivity contribution is 5.96. The minimum absolute atomic E-state index is 0.297. The van der Waals surface area contributed by atoms with Gasteiger partial charge in [0.05, 0.1) is 16.9 Å². The summed E-state index contributed by atoms with van der Waals surface area (Å²) < 4.78 is 6.96. The zero-order chi connectivity index (χ0) is 19.4. The lowest BCUT2D eigenvalue weighted by molar-refractivity contribution is -0.121. The fourth-order valence-electron chi connectivity index (χ4n) is 2.73. The molecule has 0 fully saturated rings. The van der Waals surface area contributed by atoms with Crippen LogP contribution in [0.25, 0.3) is 5.69 Å². The molecule has 1 heterocycles. The van der Waals surface area contributed by atoms with E-state index in [2.05, 4.69) is 5.10 Å². The van der Waals surface area contributed by atoms with Gasteiger partial charge < -0.3 is 9.64 Å². The number of benzene rings is 2. The van der Waals surface area contributed by atoms with Crippen molar-refractivity contribution in [2.75, 3.05) is 18.6 Å². The maximum atomic E-state index is 12.2. The molecule has 0 N–H and O–H groups in total. The molecule has 0 bridgehead atoms. The van der Waals surface area contributed by atoms with Crippen molar-refractivity contribution >= 4 is 17.6 Å². The Kier molecular flexibility index (Phi) is 5.35. The molecule has 3 rings (SSSR count). The topological polar surface area (TPSA) is 64.4 Å². The number of carbonyl (C=O) groups is 2. The van der Waals surface area contributed by atoms with Crippen molar-refractivity contribution in [3.63, 3.8) is 0 Å². The van der Waals surface area contributed by atoms with Crippen LogP contribution in [0.2, 0.25) is 0 Å². The van der Waals surface area contributed by atoms with Gasteiger partial charge in [-0.3, -0.25) is 4.79 Å². The number of nitrogens with zero attached hydrogens (tertiary/aromatic N) is 3. The van der Waals surface area contributed by atoms with Gasteiger partial charge >= 0.3 is 5.97 Å². The third kappa shape index (κ3) is 4.23. The Labute approximate surface area is 158 Å². The summed E-state index contributed by atoms with van der Waals surface area (Å²) in [4.78, 5) is 25.9. The average Bonchev–Trinajstić information content (AvgIpc) is 3.04.